The highest BCUT2D eigenvalue weighted by molar-refractivity contribution is 7.89. The van der Waals surface area contributed by atoms with E-state index in [-0.39, 0.29) is 35.6 Å². The average Bonchev–Trinajstić information content (AvgIpc) is 2.55. The number of amides is 2. The van der Waals surface area contributed by atoms with Crippen LogP contribution in [0.5, 0.6) is 0 Å². The van der Waals surface area contributed by atoms with Crippen LogP contribution in [0.2, 0.25) is 0 Å². The van der Waals surface area contributed by atoms with Crippen molar-refractivity contribution in [2.45, 2.75) is 31.1 Å². The standard InChI is InChI=1S/C16H23N3O4S/c1-12-2-4-14(5-3-12)24(22,23)18-9-6-15(20)19-10-7-13(8-11-19)16(17)21/h2-5,13,18H,6-11H2,1H3,(H2,17,21). The monoisotopic (exact) mass is 353 g/mol. The van der Waals surface area contributed by atoms with Crippen LogP contribution in [-0.4, -0.2) is 44.8 Å². The molecule has 0 bridgehead atoms. The summed E-state index contributed by atoms with van der Waals surface area (Å²) in [5.41, 5.74) is 6.24. The smallest absolute Gasteiger partial charge is 0.240 e. The van der Waals surface area contributed by atoms with E-state index in [0.717, 1.165) is 5.56 Å². The molecule has 1 saturated heterocycles. The minimum atomic E-state index is -3.61. The molecule has 3 N–H and O–H groups in total. The van der Waals surface area contributed by atoms with Crippen molar-refractivity contribution < 1.29 is 18.0 Å². The van der Waals surface area contributed by atoms with Gasteiger partial charge < -0.3 is 10.6 Å². The molecule has 0 unspecified atom stereocenters. The molecule has 7 nitrogen and oxygen atoms in total. The fourth-order valence-corrected chi connectivity index (χ4v) is 3.70. The molecule has 0 aliphatic carbocycles. The highest BCUT2D eigenvalue weighted by Crippen LogP contribution is 2.17. The molecule has 1 aliphatic heterocycles. The Balaban J connectivity index is 1.80. The Kier molecular flexibility index (Phi) is 5.95. The third kappa shape index (κ3) is 4.78. The summed E-state index contributed by atoms with van der Waals surface area (Å²) in [6.45, 7) is 2.89. The van der Waals surface area contributed by atoms with Crippen molar-refractivity contribution in [3.8, 4) is 0 Å². The zero-order chi connectivity index (χ0) is 17.7. The van der Waals surface area contributed by atoms with Crippen LogP contribution in [0.15, 0.2) is 29.2 Å². The molecule has 1 heterocycles. The molecule has 1 aromatic carbocycles. The first-order valence-corrected chi connectivity index (χ1v) is 9.41. The van der Waals surface area contributed by atoms with Crippen LogP contribution in [0.3, 0.4) is 0 Å². The lowest BCUT2D eigenvalue weighted by molar-refractivity contribution is -0.134. The third-order valence-electron chi connectivity index (χ3n) is 4.21. The van der Waals surface area contributed by atoms with Gasteiger partial charge in [0.15, 0.2) is 0 Å². The van der Waals surface area contributed by atoms with Gasteiger partial charge in [-0.05, 0) is 31.9 Å². The van der Waals surface area contributed by atoms with Crippen LogP contribution in [-0.2, 0) is 19.6 Å². The fourth-order valence-electron chi connectivity index (χ4n) is 2.66. The van der Waals surface area contributed by atoms with E-state index in [1.54, 1.807) is 17.0 Å². The summed E-state index contributed by atoms with van der Waals surface area (Å²) >= 11 is 0. The minimum Gasteiger partial charge on any atom is -0.369 e. The second-order valence-corrected chi connectivity index (χ2v) is 7.79. The number of rotatable bonds is 6. The highest BCUT2D eigenvalue weighted by atomic mass is 32.2. The molecule has 2 amide bonds. The maximum Gasteiger partial charge on any atom is 0.240 e. The number of nitrogens with zero attached hydrogens (tertiary/aromatic N) is 1. The quantitative estimate of drug-likeness (QED) is 0.771. The van der Waals surface area contributed by atoms with Crippen LogP contribution in [0.25, 0.3) is 0 Å². The van der Waals surface area contributed by atoms with Crippen molar-refractivity contribution in [1.82, 2.24) is 9.62 Å². The Morgan fingerprint density at radius 2 is 1.79 bits per heavy atom. The maximum absolute atomic E-state index is 12.1. The molecule has 1 aromatic rings. The molecule has 0 saturated carbocycles. The number of nitrogens with one attached hydrogen (secondary N) is 1. The molecule has 0 atom stereocenters. The Morgan fingerprint density at radius 1 is 1.21 bits per heavy atom. The molecule has 1 fully saturated rings. The number of sulfonamides is 1. The lowest BCUT2D eigenvalue weighted by Crippen LogP contribution is -2.42. The summed E-state index contributed by atoms with van der Waals surface area (Å²) in [6, 6.07) is 6.52. The number of aryl methyl sites for hydroxylation is 1. The number of carbonyl (C=O) groups is 2. The lowest BCUT2D eigenvalue weighted by atomic mass is 9.96. The lowest BCUT2D eigenvalue weighted by Gasteiger charge is -2.30. The van der Waals surface area contributed by atoms with Crippen LogP contribution in [0.4, 0.5) is 0 Å². The fraction of sp³-hybridized carbons (Fsp3) is 0.500. The van der Waals surface area contributed by atoms with Crippen molar-refractivity contribution >= 4 is 21.8 Å². The van der Waals surface area contributed by atoms with Crippen molar-refractivity contribution in [3.63, 3.8) is 0 Å². The van der Waals surface area contributed by atoms with Gasteiger partial charge in [0.25, 0.3) is 0 Å². The predicted molar refractivity (Wildman–Crippen MR) is 89.5 cm³/mol. The van der Waals surface area contributed by atoms with Gasteiger partial charge in [-0.15, -0.1) is 0 Å². The first kappa shape index (κ1) is 18.4. The number of benzene rings is 1. The van der Waals surface area contributed by atoms with Gasteiger partial charge in [-0.2, -0.15) is 0 Å². The van der Waals surface area contributed by atoms with Gasteiger partial charge in [0.2, 0.25) is 21.8 Å². The van der Waals surface area contributed by atoms with E-state index in [0.29, 0.717) is 25.9 Å². The van der Waals surface area contributed by atoms with Crippen LogP contribution in [0, 0.1) is 12.8 Å². The largest absolute Gasteiger partial charge is 0.369 e. The van der Waals surface area contributed by atoms with E-state index in [1.165, 1.54) is 12.1 Å². The van der Waals surface area contributed by atoms with Gasteiger partial charge in [0.1, 0.15) is 0 Å². The molecule has 0 aromatic heterocycles. The molecular formula is C16H23N3O4S. The summed E-state index contributed by atoms with van der Waals surface area (Å²) in [7, 11) is -3.61. The van der Waals surface area contributed by atoms with Gasteiger partial charge in [-0.25, -0.2) is 13.1 Å². The molecule has 0 radical (unpaired) electrons. The number of carbonyl (C=O) groups excluding carboxylic acids is 2. The molecule has 0 spiro atoms. The molecule has 1 aliphatic rings. The zero-order valence-electron chi connectivity index (χ0n) is 13.7. The second kappa shape index (κ2) is 7.76. The Morgan fingerprint density at radius 3 is 2.33 bits per heavy atom. The highest BCUT2D eigenvalue weighted by Gasteiger charge is 2.25. The Bertz CT molecular complexity index is 693. The van der Waals surface area contributed by atoms with E-state index in [4.69, 9.17) is 5.73 Å². The van der Waals surface area contributed by atoms with E-state index >= 15 is 0 Å². The first-order chi connectivity index (χ1) is 11.3. The number of hydrogen-bond acceptors (Lipinski definition) is 4. The predicted octanol–water partition coefficient (Wildman–Crippen LogP) is 0.387. The number of likely N-dealkylation sites (tertiary alicyclic amines) is 1. The van der Waals surface area contributed by atoms with E-state index in [9.17, 15) is 18.0 Å². The number of primary amides is 1. The maximum atomic E-state index is 12.1. The number of nitrogens with two attached hydrogens (primary N) is 1. The van der Waals surface area contributed by atoms with Crippen LogP contribution < -0.4 is 10.5 Å². The summed E-state index contributed by atoms with van der Waals surface area (Å²) < 4.78 is 26.7. The summed E-state index contributed by atoms with van der Waals surface area (Å²) in [5.74, 6) is -0.619. The van der Waals surface area contributed by atoms with Crippen LogP contribution in [0.1, 0.15) is 24.8 Å². The molecule has 24 heavy (non-hydrogen) atoms. The SMILES string of the molecule is Cc1ccc(S(=O)(=O)NCCC(=O)N2CCC(C(N)=O)CC2)cc1. The molecule has 2 rings (SSSR count). The Labute approximate surface area is 142 Å². The van der Waals surface area contributed by atoms with E-state index in [2.05, 4.69) is 4.72 Å². The number of piperidine rings is 1. The summed E-state index contributed by atoms with van der Waals surface area (Å²) in [5, 5.41) is 0. The normalized spacial score (nSPS) is 16.1. The van der Waals surface area contributed by atoms with Gasteiger partial charge in [0.05, 0.1) is 4.90 Å². The summed E-state index contributed by atoms with van der Waals surface area (Å²) in [6.07, 6.45) is 1.22. The minimum absolute atomic E-state index is 0.0464. The second-order valence-electron chi connectivity index (χ2n) is 6.02. The first-order valence-electron chi connectivity index (χ1n) is 7.93. The zero-order valence-corrected chi connectivity index (χ0v) is 14.5. The average molecular weight is 353 g/mol. The molecule has 132 valence electrons. The van der Waals surface area contributed by atoms with Gasteiger partial charge in [-0.1, -0.05) is 17.7 Å². The van der Waals surface area contributed by atoms with Gasteiger partial charge in [0, 0.05) is 32.0 Å². The third-order valence-corrected chi connectivity index (χ3v) is 5.69. The topological polar surface area (TPSA) is 110 Å². The van der Waals surface area contributed by atoms with Crippen molar-refractivity contribution in [1.29, 1.82) is 0 Å². The molecule has 8 heteroatoms. The number of hydrogen-bond donors (Lipinski definition) is 2. The van der Waals surface area contributed by atoms with E-state index in [1.807, 2.05) is 6.92 Å². The van der Waals surface area contributed by atoms with Crippen molar-refractivity contribution in [2.75, 3.05) is 19.6 Å². The van der Waals surface area contributed by atoms with E-state index < -0.39 is 10.0 Å². The van der Waals surface area contributed by atoms with Crippen molar-refractivity contribution in [3.05, 3.63) is 29.8 Å². The van der Waals surface area contributed by atoms with Crippen LogP contribution >= 0.6 is 0 Å². The van der Waals surface area contributed by atoms with Gasteiger partial charge in [-0.3, -0.25) is 9.59 Å². The van der Waals surface area contributed by atoms with Crippen molar-refractivity contribution in [2.24, 2.45) is 11.7 Å². The molecular weight excluding hydrogens is 330 g/mol. The Hall–Kier alpha value is -1.93. The van der Waals surface area contributed by atoms with Gasteiger partial charge >= 0.3 is 0 Å². The summed E-state index contributed by atoms with van der Waals surface area (Å²) in [4.78, 5) is 25.1.